The molecule has 2 N–H and O–H groups in total. The summed E-state index contributed by atoms with van der Waals surface area (Å²) in [6, 6.07) is 13.3. The van der Waals surface area contributed by atoms with Crippen molar-refractivity contribution < 1.29 is 68.1 Å². The molecule has 0 aliphatic heterocycles. The number of alkyl halides is 7. The van der Waals surface area contributed by atoms with E-state index < -0.39 is 88.4 Å². The lowest BCUT2D eigenvalue weighted by Gasteiger charge is -2.37. The van der Waals surface area contributed by atoms with Gasteiger partial charge in [0.15, 0.2) is 0 Å². The highest BCUT2D eigenvalue weighted by Crippen LogP contribution is 2.39. The third-order valence-corrected chi connectivity index (χ3v) is 9.14. The van der Waals surface area contributed by atoms with E-state index in [0.717, 1.165) is 36.4 Å². The average Bonchev–Trinajstić information content (AvgIpc) is 3.10. The van der Waals surface area contributed by atoms with Crippen LogP contribution in [0, 0.1) is 29.3 Å². The third kappa shape index (κ3) is 9.44. The van der Waals surface area contributed by atoms with Gasteiger partial charge in [-0.1, -0.05) is 24.3 Å². The number of nitrogens with one attached hydrogen (secondary N) is 1. The molecule has 5 rings (SSSR count). The Bertz CT molecular complexity index is 1950. The van der Waals surface area contributed by atoms with Gasteiger partial charge in [0.25, 0.3) is 5.91 Å². The Balaban J connectivity index is 1.57. The molecule has 4 aromatic carbocycles. The lowest BCUT2D eigenvalue weighted by molar-refractivity contribution is -0.253. The zero-order chi connectivity index (χ0) is 39.4. The number of aliphatic carboxylic acids is 1. The van der Waals surface area contributed by atoms with Crippen LogP contribution in [-0.4, -0.2) is 36.1 Å². The van der Waals surface area contributed by atoms with Crippen LogP contribution in [0.5, 0.6) is 11.5 Å². The van der Waals surface area contributed by atoms with Gasteiger partial charge < -0.3 is 19.9 Å². The Morgan fingerprint density at radius 1 is 0.759 bits per heavy atom. The van der Waals surface area contributed by atoms with Gasteiger partial charge in [0.2, 0.25) is 0 Å². The second kappa shape index (κ2) is 16.0. The summed E-state index contributed by atoms with van der Waals surface area (Å²) in [5, 5.41) is 11.7. The van der Waals surface area contributed by atoms with E-state index in [2.05, 4.69) is 10.1 Å². The molecule has 4 aromatic rings. The lowest BCUT2D eigenvalue weighted by atomic mass is 9.77. The van der Waals surface area contributed by atoms with Crippen LogP contribution in [0.3, 0.4) is 0 Å². The number of hydrogen-bond donors (Lipinski definition) is 2. The van der Waals surface area contributed by atoms with Crippen LogP contribution in [0.15, 0.2) is 84.9 Å². The summed E-state index contributed by atoms with van der Waals surface area (Å²) >= 11 is 0. The molecule has 0 bridgehead atoms. The molecule has 1 saturated carbocycles. The van der Waals surface area contributed by atoms with Crippen molar-refractivity contribution in [3.8, 4) is 11.5 Å². The van der Waals surface area contributed by atoms with E-state index in [4.69, 9.17) is 4.74 Å². The SMILES string of the molecule is O=C(N[C@](Cc1ccc(OCC2CCC(C(=O)O)CC2)cc1)(c1ccc(F)cc1)c1cc(F)cc(OC(F)(F)C(F)F)c1)c1ccc(F)c(C(F)(F)F)c1. The fraction of sp³-hybridized carbons (Fsp3) is 0.316. The van der Waals surface area contributed by atoms with Gasteiger partial charge >= 0.3 is 24.7 Å². The van der Waals surface area contributed by atoms with Crippen LogP contribution in [0.4, 0.5) is 43.9 Å². The van der Waals surface area contributed by atoms with Crippen molar-refractivity contribution in [2.75, 3.05) is 6.61 Å². The highest BCUT2D eigenvalue weighted by atomic mass is 19.4. The number of carboxylic acids is 1. The predicted octanol–water partition coefficient (Wildman–Crippen LogP) is 9.55. The van der Waals surface area contributed by atoms with Crippen molar-refractivity contribution >= 4 is 11.9 Å². The van der Waals surface area contributed by atoms with Gasteiger partial charge in [-0.05, 0) is 103 Å². The first-order chi connectivity index (χ1) is 25.4. The first-order valence-corrected chi connectivity index (χ1v) is 16.4. The van der Waals surface area contributed by atoms with Crippen molar-refractivity contribution in [2.24, 2.45) is 11.8 Å². The normalized spacial score (nSPS) is 17.5. The maximum absolute atomic E-state index is 15.2. The van der Waals surface area contributed by atoms with Gasteiger partial charge in [0.1, 0.15) is 29.0 Å². The average molecular weight is 772 g/mol. The molecular weight excluding hydrogens is 740 g/mol. The molecular formula is C38H31F10NO5. The maximum Gasteiger partial charge on any atom is 0.461 e. The number of amides is 1. The smallest absolute Gasteiger partial charge is 0.461 e. The van der Waals surface area contributed by atoms with Crippen molar-refractivity contribution in [1.29, 1.82) is 0 Å². The minimum atomic E-state index is -5.22. The molecule has 1 aliphatic rings. The van der Waals surface area contributed by atoms with Gasteiger partial charge in [-0.3, -0.25) is 9.59 Å². The number of rotatable bonds is 13. The van der Waals surface area contributed by atoms with Crippen molar-refractivity contribution in [3.05, 3.63) is 130 Å². The van der Waals surface area contributed by atoms with Gasteiger partial charge in [-0.25, -0.2) is 13.2 Å². The van der Waals surface area contributed by atoms with Crippen LogP contribution in [0.2, 0.25) is 0 Å². The van der Waals surface area contributed by atoms with Gasteiger partial charge in [0, 0.05) is 18.1 Å². The Morgan fingerprint density at radius 2 is 1.41 bits per heavy atom. The number of carboxylic acid groups (broad SMARTS) is 1. The Morgan fingerprint density at radius 3 is 2.00 bits per heavy atom. The van der Waals surface area contributed by atoms with E-state index in [1.165, 1.54) is 24.3 Å². The van der Waals surface area contributed by atoms with E-state index in [0.29, 0.717) is 55.2 Å². The van der Waals surface area contributed by atoms with E-state index in [1.807, 2.05) is 0 Å². The Kier molecular flexibility index (Phi) is 11.8. The minimum Gasteiger partial charge on any atom is -0.493 e. The first kappa shape index (κ1) is 39.9. The topological polar surface area (TPSA) is 84.9 Å². The summed E-state index contributed by atoms with van der Waals surface area (Å²) in [7, 11) is 0. The molecule has 0 heterocycles. The van der Waals surface area contributed by atoms with Gasteiger partial charge in [-0.15, -0.1) is 0 Å². The second-order valence-corrected chi connectivity index (χ2v) is 12.9. The van der Waals surface area contributed by atoms with Crippen LogP contribution in [0.25, 0.3) is 0 Å². The molecule has 0 saturated heterocycles. The summed E-state index contributed by atoms with van der Waals surface area (Å²) in [5.41, 5.74) is -4.88. The largest absolute Gasteiger partial charge is 0.493 e. The summed E-state index contributed by atoms with van der Waals surface area (Å²) in [6.45, 7) is 0.272. The molecule has 0 spiro atoms. The second-order valence-electron chi connectivity index (χ2n) is 12.9. The molecule has 6 nitrogen and oxygen atoms in total. The van der Waals surface area contributed by atoms with Crippen LogP contribution in [0.1, 0.15) is 58.3 Å². The maximum atomic E-state index is 15.2. The third-order valence-electron chi connectivity index (χ3n) is 9.14. The van der Waals surface area contributed by atoms with E-state index in [1.54, 1.807) is 0 Å². The van der Waals surface area contributed by atoms with Gasteiger partial charge in [-0.2, -0.15) is 30.7 Å². The van der Waals surface area contributed by atoms with E-state index >= 15 is 4.39 Å². The van der Waals surface area contributed by atoms with Crippen molar-refractivity contribution in [1.82, 2.24) is 5.32 Å². The zero-order valence-electron chi connectivity index (χ0n) is 27.9. The van der Waals surface area contributed by atoms with Crippen LogP contribution in [-0.2, 0) is 22.9 Å². The number of halogens is 10. The molecule has 0 unspecified atom stereocenters. The molecule has 0 aromatic heterocycles. The molecule has 1 amide bonds. The number of ether oxygens (including phenoxy) is 2. The fourth-order valence-corrected chi connectivity index (χ4v) is 6.31. The molecule has 54 heavy (non-hydrogen) atoms. The quantitative estimate of drug-likeness (QED) is 0.132. The van der Waals surface area contributed by atoms with Crippen molar-refractivity contribution in [2.45, 2.75) is 56.4 Å². The molecule has 1 atom stereocenters. The summed E-state index contributed by atoms with van der Waals surface area (Å²) in [4.78, 5) is 25.1. The number of benzene rings is 4. The molecule has 1 aliphatic carbocycles. The monoisotopic (exact) mass is 771 g/mol. The molecule has 0 radical (unpaired) electrons. The highest BCUT2D eigenvalue weighted by molar-refractivity contribution is 5.95. The van der Waals surface area contributed by atoms with E-state index in [9.17, 15) is 54.2 Å². The standard InChI is InChI=1S/C38H31F10NO5/c39-27-10-8-25(9-11-27)36(26-16-28(40)18-30(17-26)54-38(47,48)35(42)43,49-33(50)24-7-14-32(41)31(15-24)37(44,45)46)19-21-3-12-29(13-4-21)53-20-22-1-5-23(6-2-22)34(51)52/h3-4,7-18,22-23,35H,1-2,5-6,19-20H2,(H,49,50)(H,51,52)/t22?,23?,36-/m1/s1. The summed E-state index contributed by atoms with van der Waals surface area (Å²) in [5.74, 6) is -7.00. The predicted molar refractivity (Wildman–Crippen MR) is 173 cm³/mol. The summed E-state index contributed by atoms with van der Waals surface area (Å²) in [6.07, 6.45) is -12.8. The number of hydrogen-bond acceptors (Lipinski definition) is 4. The van der Waals surface area contributed by atoms with Crippen LogP contribution < -0.4 is 14.8 Å². The zero-order valence-corrected chi connectivity index (χ0v) is 27.9. The fourth-order valence-electron chi connectivity index (χ4n) is 6.31. The lowest BCUT2D eigenvalue weighted by Crippen LogP contribution is -2.49. The molecule has 288 valence electrons. The van der Waals surface area contributed by atoms with Crippen molar-refractivity contribution in [3.63, 3.8) is 0 Å². The molecule has 1 fully saturated rings. The molecule has 16 heteroatoms. The van der Waals surface area contributed by atoms with Crippen LogP contribution >= 0.6 is 0 Å². The first-order valence-electron chi connectivity index (χ1n) is 16.4. The minimum absolute atomic E-state index is 0.0649. The van der Waals surface area contributed by atoms with Gasteiger partial charge in [0.05, 0.1) is 23.6 Å². The Hall–Kier alpha value is -5.28. The number of carbonyl (C=O) groups excluding carboxylic acids is 1. The highest BCUT2D eigenvalue weighted by Gasteiger charge is 2.45. The Labute approximate surface area is 301 Å². The van der Waals surface area contributed by atoms with E-state index in [-0.39, 0.29) is 24.2 Å². The number of carbonyl (C=O) groups is 2. The summed E-state index contributed by atoms with van der Waals surface area (Å²) < 4.78 is 149.